The van der Waals surface area contributed by atoms with Gasteiger partial charge in [0.05, 0.1) is 6.61 Å². The Morgan fingerprint density at radius 1 is 1.33 bits per heavy atom. The fourth-order valence-corrected chi connectivity index (χ4v) is 1.58. The summed E-state index contributed by atoms with van der Waals surface area (Å²) in [5.41, 5.74) is 1.12. The van der Waals surface area contributed by atoms with Crippen LogP contribution < -0.4 is 10.1 Å². The molecule has 0 amide bonds. The molecule has 0 aliphatic carbocycles. The zero-order chi connectivity index (χ0) is 11.1. The van der Waals surface area contributed by atoms with Crippen LogP contribution in [0.25, 0.3) is 0 Å². The molecule has 0 bridgehead atoms. The second kappa shape index (κ2) is 6.70. The normalized spacial score (nSPS) is 10.3. The summed E-state index contributed by atoms with van der Waals surface area (Å²) in [6, 6.07) is 5.74. The minimum absolute atomic E-state index is 0.683. The van der Waals surface area contributed by atoms with Gasteiger partial charge in [0.15, 0.2) is 0 Å². The first-order valence-corrected chi connectivity index (χ1v) is 5.77. The van der Waals surface area contributed by atoms with Crippen molar-refractivity contribution < 1.29 is 4.74 Å². The van der Waals surface area contributed by atoms with E-state index in [1.54, 1.807) is 0 Å². The number of halogens is 1. The van der Waals surface area contributed by atoms with Crippen molar-refractivity contribution in [2.24, 2.45) is 0 Å². The van der Waals surface area contributed by atoms with Crippen molar-refractivity contribution in [3.63, 3.8) is 0 Å². The van der Waals surface area contributed by atoms with Gasteiger partial charge in [-0.25, -0.2) is 0 Å². The van der Waals surface area contributed by atoms with Crippen LogP contribution in [0.1, 0.15) is 25.8 Å². The van der Waals surface area contributed by atoms with Crippen LogP contribution in [-0.2, 0) is 6.54 Å². The van der Waals surface area contributed by atoms with E-state index in [9.17, 15) is 0 Å². The molecule has 0 heterocycles. The maximum absolute atomic E-state index is 5.95. The highest BCUT2D eigenvalue weighted by Crippen LogP contribution is 2.22. The molecule has 0 atom stereocenters. The van der Waals surface area contributed by atoms with Crippen LogP contribution in [0.2, 0.25) is 5.02 Å². The predicted octanol–water partition coefficient (Wildman–Crippen LogP) is 3.24. The van der Waals surface area contributed by atoms with E-state index in [2.05, 4.69) is 12.2 Å². The highest BCUT2D eigenvalue weighted by molar-refractivity contribution is 6.30. The molecule has 3 heteroatoms. The molecule has 84 valence electrons. The van der Waals surface area contributed by atoms with Gasteiger partial charge in [0.1, 0.15) is 5.75 Å². The summed E-state index contributed by atoms with van der Waals surface area (Å²) >= 11 is 5.95. The molecule has 0 unspecified atom stereocenters. The zero-order valence-corrected chi connectivity index (χ0v) is 10.1. The molecule has 1 aromatic carbocycles. The average molecular weight is 228 g/mol. The van der Waals surface area contributed by atoms with Crippen molar-refractivity contribution in [3.8, 4) is 5.75 Å². The smallest absolute Gasteiger partial charge is 0.123 e. The molecule has 0 saturated heterocycles. The third-order valence-corrected chi connectivity index (χ3v) is 2.30. The Morgan fingerprint density at radius 3 is 2.80 bits per heavy atom. The van der Waals surface area contributed by atoms with Crippen LogP contribution in [0, 0.1) is 0 Å². The monoisotopic (exact) mass is 227 g/mol. The SMILES string of the molecule is CCCNCc1cc(Cl)ccc1OCC. The van der Waals surface area contributed by atoms with E-state index in [-0.39, 0.29) is 0 Å². The standard InChI is InChI=1S/C12H18ClNO/c1-3-7-14-9-10-8-11(13)5-6-12(10)15-4-2/h5-6,8,14H,3-4,7,9H2,1-2H3. The molecule has 0 fully saturated rings. The molecular formula is C12H18ClNO. The topological polar surface area (TPSA) is 21.3 Å². The van der Waals surface area contributed by atoms with Gasteiger partial charge in [-0.2, -0.15) is 0 Å². The Labute approximate surface area is 96.6 Å². The third kappa shape index (κ3) is 4.10. The molecule has 0 aliphatic rings. The third-order valence-electron chi connectivity index (χ3n) is 2.06. The minimum Gasteiger partial charge on any atom is -0.494 e. The first-order valence-electron chi connectivity index (χ1n) is 5.39. The van der Waals surface area contributed by atoms with Gasteiger partial charge in [0.2, 0.25) is 0 Å². The Bertz CT molecular complexity index is 302. The van der Waals surface area contributed by atoms with Gasteiger partial charge in [0.25, 0.3) is 0 Å². The van der Waals surface area contributed by atoms with Crippen LogP contribution in [0.4, 0.5) is 0 Å². The highest BCUT2D eigenvalue weighted by atomic mass is 35.5. The molecule has 0 aliphatic heterocycles. The highest BCUT2D eigenvalue weighted by Gasteiger charge is 2.03. The van der Waals surface area contributed by atoms with Crippen LogP contribution >= 0.6 is 11.6 Å². The average Bonchev–Trinajstić information content (AvgIpc) is 2.22. The lowest BCUT2D eigenvalue weighted by atomic mass is 10.2. The lowest BCUT2D eigenvalue weighted by molar-refractivity contribution is 0.335. The fourth-order valence-electron chi connectivity index (χ4n) is 1.38. The largest absolute Gasteiger partial charge is 0.494 e. The summed E-state index contributed by atoms with van der Waals surface area (Å²) in [7, 11) is 0. The van der Waals surface area contributed by atoms with Gasteiger partial charge >= 0.3 is 0 Å². The lowest BCUT2D eigenvalue weighted by Gasteiger charge is -2.11. The first-order chi connectivity index (χ1) is 7.27. The molecule has 1 rings (SSSR count). The lowest BCUT2D eigenvalue weighted by Crippen LogP contribution is -2.14. The van der Waals surface area contributed by atoms with Crippen molar-refractivity contribution in [3.05, 3.63) is 28.8 Å². The number of hydrogen-bond acceptors (Lipinski definition) is 2. The number of ether oxygens (including phenoxy) is 1. The van der Waals surface area contributed by atoms with Crippen molar-refractivity contribution in [2.75, 3.05) is 13.2 Å². The van der Waals surface area contributed by atoms with Gasteiger partial charge in [-0.05, 0) is 38.1 Å². The number of benzene rings is 1. The van der Waals surface area contributed by atoms with Crippen LogP contribution in [0.15, 0.2) is 18.2 Å². The molecule has 0 radical (unpaired) electrons. The molecule has 0 aromatic heterocycles. The van der Waals surface area contributed by atoms with Crippen LogP contribution in [-0.4, -0.2) is 13.2 Å². The second-order valence-corrected chi connectivity index (χ2v) is 3.80. The summed E-state index contributed by atoms with van der Waals surface area (Å²) in [5, 5.41) is 4.09. The quantitative estimate of drug-likeness (QED) is 0.754. The van der Waals surface area contributed by atoms with E-state index >= 15 is 0 Å². The maximum atomic E-state index is 5.95. The van der Waals surface area contributed by atoms with Gasteiger partial charge in [0, 0.05) is 17.1 Å². The number of hydrogen-bond donors (Lipinski definition) is 1. The van der Waals surface area contributed by atoms with E-state index in [0.29, 0.717) is 6.61 Å². The number of nitrogens with one attached hydrogen (secondary N) is 1. The van der Waals surface area contributed by atoms with E-state index in [4.69, 9.17) is 16.3 Å². The van der Waals surface area contributed by atoms with Crippen molar-refractivity contribution in [1.82, 2.24) is 5.32 Å². The van der Waals surface area contributed by atoms with Crippen LogP contribution in [0.3, 0.4) is 0 Å². The van der Waals surface area contributed by atoms with Gasteiger partial charge in [-0.15, -0.1) is 0 Å². The van der Waals surface area contributed by atoms with E-state index in [1.807, 2.05) is 25.1 Å². The Balaban J connectivity index is 2.68. The summed E-state index contributed by atoms with van der Waals surface area (Å²) in [6.45, 7) is 6.64. The summed E-state index contributed by atoms with van der Waals surface area (Å²) in [5.74, 6) is 0.922. The van der Waals surface area contributed by atoms with Crippen LogP contribution in [0.5, 0.6) is 5.75 Å². The second-order valence-electron chi connectivity index (χ2n) is 3.36. The molecule has 15 heavy (non-hydrogen) atoms. The molecule has 1 N–H and O–H groups in total. The maximum Gasteiger partial charge on any atom is 0.123 e. The van der Waals surface area contributed by atoms with Gasteiger partial charge in [-0.1, -0.05) is 18.5 Å². The van der Waals surface area contributed by atoms with Crippen molar-refractivity contribution in [1.29, 1.82) is 0 Å². The minimum atomic E-state index is 0.683. The zero-order valence-electron chi connectivity index (χ0n) is 9.35. The Hall–Kier alpha value is -0.730. The Kier molecular flexibility index (Phi) is 5.51. The van der Waals surface area contributed by atoms with E-state index in [1.165, 1.54) is 0 Å². The van der Waals surface area contributed by atoms with Crippen molar-refractivity contribution >= 4 is 11.6 Å². The Morgan fingerprint density at radius 2 is 2.13 bits per heavy atom. The van der Waals surface area contributed by atoms with E-state index in [0.717, 1.165) is 35.8 Å². The number of rotatable bonds is 6. The van der Waals surface area contributed by atoms with E-state index < -0.39 is 0 Å². The fraction of sp³-hybridized carbons (Fsp3) is 0.500. The van der Waals surface area contributed by atoms with Crippen molar-refractivity contribution in [2.45, 2.75) is 26.8 Å². The molecule has 0 saturated carbocycles. The molecule has 1 aromatic rings. The summed E-state index contributed by atoms with van der Waals surface area (Å²) in [6.07, 6.45) is 1.13. The molecular weight excluding hydrogens is 210 g/mol. The van der Waals surface area contributed by atoms with Gasteiger partial charge in [-0.3, -0.25) is 0 Å². The summed E-state index contributed by atoms with van der Waals surface area (Å²) < 4.78 is 5.52. The molecule has 0 spiro atoms. The first kappa shape index (κ1) is 12.3. The summed E-state index contributed by atoms with van der Waals surface area (Å²) in [4.78, 5) is 0. The predicted molar refractivity (Wildman–Crippen MR) is 64.6 cm³/mol. The molecule has 2 nitrogen and oxygen atoms in total. The van der Waals surface area contributed by atoms with Gasteiger partial charge < -0.3 is 10.1 Å².